The van der Waals surface area contributed by atoms with Crippen LogP contribution in [0.25, 0.3) is 0 Å². The molecule has 0 amide bonds. The van der Waals surface area contributed by atoms with E-state index in [4.69, 9.17) is 80.2 Å². The number of aliphatic hydroxyl groups excluding tert-OH is 9. The molecule has 0 saturated carbocycles. The minimum absolute atomic E-state index is 0.382. The van der Waals surface area contributed by atoms with E-state index in [1.54, 1.807) is 4.98 Å². The van der Waals surface area contributed by atoms with Gasteiger partial charge in [-0.25, -0.2) is 65.7 Å². The number of ether oxygens (including phenoxy) is 12. The van der Waals surface area contributed by atoms with Crippen molar-refractivity contribution in [1.82, 2.24) is 38.2 Å². The third-order valence-electron chi connectivity index (χ3n) is 14.9. The number of hydrogen-bond donors (Lipinski definition) is 19. The number of H-pyrrole nitrogens is 4. The molecule has 5 aliphatic heterocycles. The molecule has 5 fully saturated rings. The maximum absolute atomic E-state index is 12.3. The van der Waals surface area contributed by atoms with Crippen LogP contribution in [0.5, 0.6) is 23.0 Å². The van der Waals surface area contributed by atoms with Crippen molar-refractivity contribution in [1.29, 1.82) is 0 Å². The van der Waals surface area contributed by atoms with Gasteiger partial charge in [0.05, 0.1) is 79.7 Å². The van der Waals surface area contributed by atoms with Crippen molar-refractivity contribution in [3.63, 3.8) is 0 Å². The number of methoxy groups -OCH3 is 4. The Balaban J connectivity index is 0.000000288. The zero-order valence-electron chi connectivity index (χ0n) is 61.5. The Morgan fingerprint density at radius 2 is 0.686 bits per heavy atom. The molecule has 0 bridgehead atoms. The van der Waals surface area contributed by atoms with Gasteiger partial charge in [0.1, 0.15) is 73.2 Å². The lowest BCUT2D eigenvalue weighted by atomic mass is 10.1. The van der Waals surface area contributed by atoms with Crippen molar-refractivity contribution in [3.8, 4) is 23.0 Å². The average Bonchev–Trinajstić information content (AvgIpc) is 1.76. The van der Waals surface area contributed by atoms with Gasteiger partial charge in [0.2, 0.25) is 23.0 Å². The summed E-state index contributed by atoms with van der Waals surface area (Å²) in [6.45, 7) is -1.86. The number of aliphatic hydroxyl groups is 9. The Hall–Kier alpha value is -7.09. The number of carbonyl (C=O) groups is 4. The zero-order valence-corrected chi connectivity index (χ0v) is 69.3. The molecule has 5 saturated heterocycles. The molecule has 9 heterocycles. The Morgan fingerprint density at radius 1 is 0.421 bits per heavy atom. The maximum Gasteiger partial charge on any atom is 0.492 e. The molecule has 0 spiro atoms. The summed E-state index contributed by atoms with van der Waals surface area (Å²) in [6.07, 6.45) is -26.1. The molecule has 20 atom stereocenters. The monoisotopic (exact) mass is 1940 g/mol. The highest BCUT2D eigenvalue weighted by Crippen LogP contribution is 2.80. The highest BCUT2D eigenvalue weighted by atomic mass is 35.9. The first-order valence-corrected chi connectivity index (χ1v) is 44.8. The van der Waals surface area contributed by atoms with Crippen molar-refractivity contribution >= 4 is 99.4 Å². The second kappa shape index (κ2) is 44.2. The highest BCUT2D eigenvalue weighted by Gasteiger charge is 2.56. The molecule has 4 aromatic rings. The second-order valence-corrected chi connectivity index (χ2v) is 36.7. The SMILES string of the molecule is CC.COC(=O)COc1cn([C@@H]2O[C@H](CO)[C@H](O)C2O)c(=O)[nH]c1=O.COC(=O)COc1cn([C@@H]2O[C@H](COP(=O)(Cl)Cl)[C@H](O)C2O)c(=O)[nH]c1=O.COC(=O)COc1cn([C@@H]2O[C@H](COP(=O)(O)OP(=O)(O)OP(=O)(O)O)[C@H](O)C2O)c(=O)[nH]c1=O.COC(=O)COc1cn([C@@H]2O[C@H](COP3(=O)OP(=O)(O)OP(=O)(O)O3)[C@H](O)C2O)c(=O)[nH]c1=O. The van der Waals surface area contributed by atoms with Crippen LogP contribution in [0.4, 0.5) is 0 Å². The summed E-state index contributed by atoms with van der Waals surface area (Å²) in [5.74, 6) is -5.20. The number of nitrogens with zero attached hydrogens (tertiary/aromatic N) is 4. The van der Waals surface area contributed by atoms with Gasteiger partial charge in [-0.15, -0.1) is 0 Å². The van der Waals surface area contributed by atoms with Crippen LogP contribution in [0.2, 0.25) is 0 Å². The lowest BCUT2D eigenvalue weighted by Crippen LogP contribution is -2.38. The summed E-state index contributed by atoms with van der Waals surface area (Å²) >= 11 is 10.5. The van der Waals surface area contributed by atoms with E-state index < -0.39 is 290 Å². The van der Waals surface area contributed by atoms with Crippen molar-refractivity contribution < 1.29 is 218 Å². The van der Waals surface area contributed by atoms with Gasteiger partial charge in [0, 0.05) is 0 Å². The first-order valence-electron chi connectivity index (χ1n) is 32.4. The number of aromatic amines is 4. The van der Waals surface area contributed by atoms with E-state index in [1.807, 2.05) is 28.8 Å². The molecule has 0 aliphatic carbocycles. The number of aromatic nitrogens is 8. The number of halogens is 2. The fourth-order valence-electron chi connectivity index (χ4n) is 9.49. The van der Waals surface area contributed by atoms with Gasteiger partial charge in [-0.2, -0.15) is 21.6 Å². The lowest BCUT2D eigenvalue weighted by Gasteiger charge is -2.27. The summed E-state index contributed by atoms with van der Waals surface area (Å²) in [6, 6.07) is 0. The predicted molar refractivity (Wildman–Crippen MR) is 379 cm³/mol. The topological polar surface area (TPSA) is 895 Å². The Labute approximate surface area is 678 Å². The molecular formula is C50H73Cl2N8O54P7. The molecule has 686 valence electrons. The van der Waals surface area contributed by atoms with E-state index in [0.29, 0.717) is 9.13 Å². The molecule has 19 N–H and O–H groups in total. The largest absolute Gasteiger partial charge is 0.492 e. The third-order valence-corrected chi connectivity index (χ3v) is 25.1. The molecule has 8 unspecified atom stereocenters. The quantitative estimate of drug-likeness (QED) is 0.0131. The number of rotatable bonds is 30. The number of esters is 4. The van der Waals surface area contributed by atoms with Crippen molar-refractivity contribution in [2.45, 2.75) is 112 Å². The van der Waals surface area contributed by atoms with Crippen LogP contribution in [-0.2, 0) is 124 Å². The standard InChI is InChI=1S/C12H15Cl2N2O10P.C12H19N2O18P3.C12H17N2O17P3.C12H16N2O9.C2H6/c1-23-7(17)4-24-5-2-16(12(21)15-10(5)20)11-9(19)8(18)6(26-11)3-25-27(13,14)22;1-27-7(15)4-28-5-2-14(12(19)13-10(5)18)11-9(17)8(16)6(30-11)3-29-34(23,24)32-35(25,26)31-33(20,21)22;1-25-7(15)4-26-5-2-14(12(19)13-10(5)18)11-9(17)8(16)6(28-11)3-27-34(24)30-32(20,21)29-33(22,23)31-34;1-21-7(16)4-22-5-2-14(12(20)13-10(5)19)11-9(18)8(17)6(3-15)23-11;1-2/h2,6,8-9,11,18-19H,3-4H2,1H3,(H,15,20,21);2,6,8-9,11,16-17H,3-4H2,1H3,(H,23,24)(H,25,26)(H,13,18,19)(H2,20,21,22);2,6,8-9,11,16-17H,3-4H2,1H3,(H,20,21)(H,22,23)(H,13,18,19);2,6,8-9,11,15,17-18H,3-4H2,1H3,(H,13,19,20);1-2H3/t4*6-,8+,9?,11-;/m1111./s1. The van der Waals surface area contributed by atoms with Gasteiger partial charge in [-0.3, -0.25) is 71.0 Å². The minimum atomic E-state index is -5.80. The smallest absolute Gasteiger partial charge is 0.475 e. The van der Waals surface area contributed by atoms with Crippen LogP contribution in [0.1, 0.15) is 38.8 Å². The van der Waals surface area contributed by atoms with Crippen LogP contribution in [0.3, 0.4) is 0 Å². The van der Waals surface area contributed by atoms with Crippen molar-refractivity contribution in [3.05, 3.63) is 108 Å². The van der Waals surface area contributed by atoms with Gasteiger partial charge in [0.15, 0.2) is 51.3 Å². The third kappa shape index (κ3) is 30.1. The molecule has 62 nitrogen and oxygen atoms in total. The number of phosphoric acid groups is 6. The molecule has 0 radical (unpaired) electrons. The van der Waals surface area contributed by atoms with Gasteiger partial charge in [0.25, 0.3) is 22.2 Å². The summed E-state index contributed by atoms with van der Waals surface area (Å²) in [7, 11) is -28.5. The van der Waals surface area contributed by atoms with Crippen LogP contribution in [0.15, 0.2) is 63.1 Å². The molecular weight excluding hydrogens is 1860 g/mol. The summed E-state index contributed by atoms with van der Waals surface area (Å²) in [5, 5.41) is 89.6. The first-order chi connectivity index (χ1) is 56.0. The maximum atomic E-state index is 12.3. The number of phosphoric ester groups is 1. The Bertz CT molecular complexity index is 5150. The molecule has 71 heteroatoms. The number of nitrogens with one attached hydrogen (secondary N) is 4. The van der Waals surface area contributed by atoms with Gasteiger partial charge in [-0.05, 0) is 22.5 Å². The summed E-state index contributed by atoms with van der Waals surface area (Å²) in [4.78, 5) is 201. The van der Waals surface area contributed by atoms with Crippen LogP contribution >= 0.6 is 75.5 Å². The Kier molecular flexibility index (Phi) is 38.1. The van der Waals surface area contributed by atoms with E-state index in [0.717, 1.165) is 62.4 Å². The van der Waals surface area contributed by atoms with E-state index >= 15 is 0 Å². The highest BCUT2D eigenvalue weighted by molar-refractivity contribution is 8.05. The van der Waals surface area contributed by atoms with Gasteiger partial charge < -0.3 is 137 Å². The number of hydrogen-bond acceptors (Lipinski definition) is 48. The predicted octanol–water partition coefficient (Wildman–Crippen LogP) is -7.82. The lowest BCUT2D eigenvalue weighted by molar-refractivity contribution is -0.143. The normalized spacial score (nSPS) is 29.0. The first kappa shape index (κ1) is 104. The number of carbonyl (C=O) groups excluding carboxylic acids is 4. The van der Waals surface area contributed by atoms with E-state index in [2.05, 4.69) is 54.1 Å². The van der Waals surface area contributed by atoms with Crippen LogP contribution < -0.4 is 63.9 Å². The second-order valence-electron chi connectivity index (χ2n) is 23.0. The van der Waals surface area contributed by atoms with Crippen molar-refractivity contribution in [2.24, 2.45) is 0 Å². The average molecular weight is 1940 g/mol. The van der Waals surface area contributed by atoms with Gasteiger partial charge in [-0.1, -0.05) is 13.8 Å². The molecule has 121 heavy (non-hydrogen) atoms. The fraction of sp³-hybridized carbons (Fsp3) is 0.600. The summed E-state index contributed by atoms with van der Waals surface area (Å²) in [5.41, 5.74) is -8.11. The zero-order chi connectivity index (χ0) is 91.7. The van der Waals surface area contributed by atoms with Crippen LogP contribution in [0, 0.1) is 0 Å². The Morgan fingerprint density at radius 3 is 0.942 bits per heavy atom. The molecule has 9 rings (SSSR count). The van der Waals surface area contributed by atoms with E-state index in [9.17, 15) is 145 Å². The van der Waals surface area contributed by atoms with Crippen molar-refractivity contribution in [2.75, 3.05) is 81.3 Å². The molecule has 0 aromatic carbocycles. The van der Waals surface area contributed by atoms with Gasteiger partial charge >= 0.3 is 99.6 Å². The fourth-order valence-corrected chi connectivity index (χ4v) is 18.1. The summed E-state index contributed by atoms with van der Waals surface area (Å²) < 4.78 is 173. The van der Waals surface area contributed by atoms with Crippen LogP contribution in [-0.4, -0.2) is 292 Å². The minimum Gasteiger partial charge on any atom is -0.475 e. The molecule has 4 aromatic heterocycles. The molecule has 5 aliphatic rings. The van der Waals surface area contributed by atoms with E-state index in [-0.39, 0.29) is 5.75 Å². The van der Waals surface area contributed by atoms with E-state index in [1.165, 1.54) is 0 Å².